The fourth-order valence-corrected chi connectivity index (χ4v) is 2.19. The molecule has 0 heterocycles. The van der Waals surface area contributed by atoms with E-state index in [1.807, 2.05) is 18.2 Å². The number of rotatable bonds is 4. The van der Waals surface area contributed by atoms with Crippen molar-refractivity contribution in [1.29, 1.82) is 0 Å². The second-order valence-corrected chi connectivity index (χ2v) is 5.26. The molecule has 0 spiro atoms. The Morgan fingerprint density at radius 1 is 1.25 bits per heavy atom. The van der Waals surface area contributed by atoms with Crippen LogP contribution in [0.2, 0.25) is 0 Å². The maximum Gasteiger partial charge on any atom is 0.241 e. The predicted molar refractivity (Wildman–Crippen MR) is 79.3 cm³/mol. The van der Waals surface area contributed by atoms with Crippen molar-refractivity contribution >= 4 is 21.8 Å². The lowest BCUT2D eigenvalue weighted by Crippen LogP contribution is -2.33. The van der Waals surface area contributed by atoms with E-state index in [0.717, 1.165) is 10.0 Å². The molecule has 2 aromatic carbocycles. The maximum atomic E-state index is 13.5. The number of halogens is 2. The van der Waals surface area contributed by atoms with Crippen LogP contribution in [0.4, 0.5) is 4.39 Å². The van der Waals surface area contributed by atoms with Crippen LogP contribution >= 0.6 is 15.9 Å². The molecule has 0 saturated carbocycles. The number of benzene rings is 2. The maximum absolute atomic E-state index is 13.5. The van der Waals surface area contributed by atoms with E-state index in [2.05, 4.69) is 21.2 Å². The highest BCUT2D eigenvalue weighted by atomic mass is 79.9. The van der Waals surface area contributed by atoms with Crippen molar-refractivity contribution < 1.29 is 9.18 Å². The van der Waals surface area contributed by atoms with Gasteiger partial charge in [-0.2, -0.15) is 0 Å². The van der Waals surface area contributed by atoms with Gasteiger partial charge in [-0.25, -0.2) is 4.39 Å². The van der Waals surface area contributed by atoms with Crippen molar-refractivity contribution in [1.82, 2.24) is 5.32 Å². The molecule has 0 aliphatic carbocycles. The highest BCUT2D eigenvalue weighted by molar-refractivity contribution is 9.10. The first-order chi connectivity index (χ1) is 9.58. The summed E-state index contributed by atoms with van der Waals surface area (Å²) >= 11 is 3.26. The fraction of sp³-hybridized carbons (Fsp3) is 0.133. The van der Waals surface area contributed by atoms with Crippen LogP contribution in [-0.4, -0.2) is 5.91 Å². The second kappa shape index (κ2) is 6.63. The summed E-state index contributed by atoms with van der Waals surface area (Å²) in [6, 6.07) is 12.9. The number of carbonyl (C=O) groups excluding carboxylic acids is 1. The fourth-order valence-electron chi connectivity index (χ4n) is 1.78. The zero-order valence-electron chi connectivity index (χ0n) is 10.6. The van der Waals surface area contributed by atoms with Gasteiger partial charge in [0.25, 0.3) is 0 Å². The van der Waals surface area contributed by atoms with Crippen molar-refractivity contribution in [2.24, 2.45) is 5.73 Å². The number of hydrogen-bond acceptors (Lipinski definition) is 2. The molecule has 0 bridgehead atoms. The first kappa shape index (κ1) is 14.7. The first-order valence-corrected chi connectivity index (χ1v) is 6.89. The number of carbonyl (C=O) groups is 1. The molecule has 0 aromatic heterocycles. The average molecular weight is 337 g/mol. The van der Waals surface area contributed by atoms with Crippen LogP contribution in [-0.2, 0) is 11.3 Å². The molecule has 1 amide bonds. The van der Waals surface area contributed by atoms with Gasteiger partial charge in [0, 0.05) is 16.6 Å². The molecule has 20 heavy (non-hydrogen) atoms. The van der Waals surface area contributed by atoms with Crippen LogP contribution < -0.4 is 11.1 Å². The molecule has 2 rings (SSSR count). The van der Waals surface area contributed by atoms with E-state index in [1.165, 1.54) is 6.07 Å². The Labute approximate surface area is 125 Å². The molecule has 1 atom stereocenters. The minimum Gasteiger partial charge on any atom is -0.350 e. The van der Waals surface area contributed by atoms with Crippen LogP contribution in [0.15, 0.2) is 53.0 Å². The molecule has 0 aliphatic rings. The molecule has 5 heteroatoms. The summed E-state index contributed by atoms with van der Waals surface area (Å²) in [5.74, 6) is -0.697. The third kappa shape index (κ3) is 3.65. The molecule has 0 radical (unpaired) electrons. The van der Waals surface area contributed by atoms with Gasteiger partial charge in [-0.05, 0) is 23.8 Å². The normalized spacial score (nSPS) is 11.9. The lowest BCUT2D eigenvalue weighted by Gasteiger charge is -2.13. The monoisotopic (exact) mass is 336 g/mol. The Morgan fingerprint density at radius 3 is 2.65 bits per heavy atom. The van der Waals surface area contributed by atoms with Gasteiger partial charge in [0.2, 0.25) is 5.91 Å². The summed E-state index contributed by atoms with van der Waals surface area (Å²) in [6.45, 7) is 0.102. The van der Waals surface area contributed by atoms with E-state index >= 15 is 0 Å². The average Bonchev–Trinajstić information content (AvgIpc) is 2.48. The standard InChI is InChI=1S/C15H14BrFN2O/c16-12-6-7-13(17)11(8-12)9-19-15(20)14(18)10-4-2-1-3-5-10/h1-8,14H,9,18H2,(H,19,20)/t14-/m1/s1. The SMILES string of the molecule is N[C@@H](C(=O)NCc1cc(Br)ccc1F)c1ccccc1. The molecule has 0 fully saturated rings. The third-order valence-electron chi connectivity index (χ3n) is 2.90. The Bertz CT molecular complexity index is 604. The van der Waals surface area contributed by atoms with Gasteiger partial charge in [0.05, 0.1) is 0 Å². The Hall–Kier alpha value is -1.72. The highest BCUT2D eigenvalue weighted by Gasteiger charge is 2.15. The van der Waals surface area contributed by atoms with Gasteiger partial charge in [-0.1, -0.05) is 46.3 Å². The van der Waals surface area contributed by atoms with E-state index < -0.39 is 6.04 Å². The van der Waals surface area contributed by atoms with E-state index in [4.69, 9.17) is 5.73 Å². The number of hydrogen-bond donors (Lipinski definition) is 2. The molecule has 104 valence electrons. The Balaban J connectivity index is 2.00. The van der Waals surface area contributed by atoms with Crippen molar-refractivity contribution in [2.75, 3.05) is 0 Å². The van der Waals surface area contributed by atoms with Gasteiger partial charge in [-0.3, -0.25) is 4.79 Å². The zero-order valence-corrected chi connectivity index (χ0v) is 12.2. The van der Waals surface area contributed by atoms with Gasteiger partial charge in [-0.15, -0.1) is 0 Å². The summed E-state index contributed by atoms with van der Waals surface area (Å²) in [5.41, 5.74) is 6.99. The van der Waals surface area contributed by atoms with E-state index in [1.54, 1.807) is 24.3 Å². The molecule has 3 N–H and O–H groups in total. The van der Waals surface area contributed by atoms with Gasteiger partial charge >= 0.3 is 0 Å². The van der Waals surface area contributed by atoms with Crippen molar-refractivity contribution in [3.05, 3.63) is 69.9 Å². The molecule has 0 aliphatic heterocycles. The van der Waals surface area contributed by atoms with Crippen LogP contribution in [0.1, 0.15) is 17.2 Å². The first-order valence-electron chi connectivity index (χ1n) is 6.10. The van der Waals surface area contributed by atoms with E-state index in [9.17, 15) is 9.18 Å². The van der Waals surface area contributed by atoms with Crippen molar-refractivity contribution in [3.8, 4) is 0 Å². The predicted octanol–water partition coefficient (Wildman–Crippen LogP) is 2.90. The molecule has 0 saturated heterocycles. The molecular weight excluding hydrogens is 323 g/mol. The highest BCUT2D eigenvalue weighted by Crippen LogP contribution is 2.16. The Kier molecular flexibility index (Phi) is 4.87. The van der Waals surface area contributed by atoms with Crippen LogP contribution in [0.5, 0.6) is 0 Å². The third-order valence-corrected chi connectivity index (χ3v) is 3.40. The minimum absolute atomic E-state index is 0.102. The second-order valence-electron chi connectivity index (χ2n) is 4.34. The van der Waals surface area contributed by atoms with Crippen molar-refractivity contribution in [3.63, 3.8) is 0 Å². The van der Waals surface area contributed by atoms with Crippen LogP contribution in [0.25, 0.3) is 0 Å². The lowest BCUT2D eigenvalue weighted by molar-refractivity contribution is -0.122. The largest absolute Gasteiger partial charge is 0.350 e. The topological polar surface area (TPSA) is 55.1 Å². The van der Waals surface area contributed by atoms with Gasteiger partial charge in [0.1, 0.15) is 11.9 Å². The summed E-state index contributed by atoms with van der Waals surface area (Å²) < 4.78 is 14.3. The van der Waals surface area contributed by atoms with Crippen LogP contribution in [0.3, 0.4) is 0 Å². The van der Waals surface area contributed by atoms with Crippen LogP contribution in [0, 0.1) is 5.82 Å². The summed E-state index contributed by atoms with van der Waals surface area (Å²) in [7, 11) is 0. The molecule has 0 unspecified atom stereocenters. The quantitative estimate of drug-likeness (QED) is 0.901. The van der Waals surface area contributed by atoms with E-state index in [0.29, 0.717) is 5.56 Å². The number of amides is 1. The lowest BCUT2D eigenvalue weighted by atomic mass is 10.1. The summed E-state index contributed by atoms with van der Waals surface area (Å²) in [6.07, 6.45) is 0. The van der Waals surface area contributed by atoms with Crippen molar-refractivity contribution in [2.45, 2.75) is 12.6 Å². The summed E-state index contributed by atoms with van der Waals surface area (Å²) in [5, 5.41) is 2.64. The van der Waals surface area contributed by atoms with E-state index in [-0.39, 0.29) is 18.3 Å². The minimum atomic E-state index is -0.758. The number of nitrogens with one attached hydrogen (secondary N) is 1. The van der Waals surface area contributed by atoms with Gasteiger partial charge < -0.3 is 11.1 Å². The Morgan fingerprint density at radius 2 is 1.95 bits per heavy atom. The summed E-state index contributed by atoms with van der Waals surface area (Å²) in [4.78, 5) is 11.9. The van der Waals surface area contributed by atoms with Gasteiger partial charge in [0.15, 0.2) is 0 Å². The zero-order chi connectivity index (χ0) is 14.5. The molecule has 2 aromatic rings. The smallest absolute Gasteiger partial charge is 0.241 e. The number of nitrogens with two attached hydrogens (primary N) is 1. The molecular formula is C15H14BrFN2O. The molecule has 3 nitrogen and oxygen atoms in total.